The summed E-state index contributed by atoms with van der Waals surface area (Å²) < 4.78 is 12.8. The summed E-state index contributed by atoms with van der Waals surface area (Å²) in [5.74, 6) is -1.49. The number of Topliss-reactive ketones (excluding diaryl/α,β-unsaturated/α-hetero) is 1. The maximum atomic E-state index is 12.8. The molecule has 2 saturated heterocycles. The van der Waals surface area contributed by atoms with Gasteiger partial charge in [0.2, 0.25) is 17.7 Å². The number of hydrogen-bond acceptors (Lipinski definition) is 4. The average molecular weight is 332 g/mol. The maximum absolute atomic E-state index is 12.8. The van der Waals surface area contributed by atoms with Gasteiger partial charge < -0.3 is 4.90 Å². The van der Waals surface area contributed by atoms with E-state index in [4.69, 9.17) is 0 Å². The molecule has 2 aliphatic rings. The summed E-state index contributed by atoms with van der Waals surface area (Å²) in [5.41, 5.74) is -0.434. The molecule has 6 nitrogen and oxygen atoms in total. The Morgan fingerprint density at radius 1 is 1.17 bits per heavy atom. The van der Waals surface area contributed by atoms with Crippen molar-refractivity contribution in [1.29, 1.82) is 0 Å². The smallest absolute Gasteiger partial charge is 0.235 e. The highest BCUT2D eigenvalue weighted by Crippen LogP contribution is 2.37. The fraction of sp³-hybridized carbons (Fsp3) is 0.412. The molecule has 2 fully saturated rings. The van der Waals surface area contributed by atoms with Gasteiger partial charge in [-0.3, -0.25) is 24.5 Å². The van der Waals surface area contributed by atoms with Gasteiger partial charge in [-0.1, -0.05) is 0 Å². The van der Waals surface area contributed by atoms with E-state index in [1.165, 1.54) is 29.2 Å². The number of nitrogens with one attached hydrogen (secondary N) is 1. The van der Waals surface area contributed by atoms with Crippen LogP contribution in [0.2, 0.25) is 0 Å². The second-order valence-corrected chi connectivity index (χ2v) is 6.33. The molecule has 24 heavy (non-hydrogen) atoms. The van der Waals surface area contributed by atoms with E-state index in [1.807, 2.05) is 0 Å². The van der Waals surface area contributed by atoms with Crippen molar-refractivity contribution in [3.8, 4) is 0 Å². The maximum Gasteiger partial charge on any atom is 0.235 e. The van der Waals surface area contributed by atoms with E-state index in [0.717, 1.165) is 0 Å². The number of nitrogens with zero attached hydrogens (tertiary/aromatic N) is 1. The van der Waals surface area contributed by atoms with Crippen LogP contribution in [0, 0.1) is 11.2 Å². The number of halogens is 1. The van der Waals surface area contributed by atoms with Crippen molar-refractivity contribution in [2.45, 2.75) is 25.7 Å². The number of ketones is 1. The number of carbonyl (C=O) groups excluding carboxylic acids is 4. The highest BCUT2D eigenvalue weighted by Gasteiger charge is 2.51. The van der Waals surface area contributed by atoms with E-state index in [-0.39, 0.29) is 49.3 Å². The van der Waals surface area contributed by atoms with Crippen molar-refractivity contribution in [2.24, 2.45) is 5.41 Å². The van der Waals surface area contributed by atoms with E-state index < -0.39 is 11.2 Å². The molecule has 1 aromatic carbocycles. The van der Waals surface area contributed by atoms with Gasteiger partial charge in [0.05, 0.1) is 5.41 Å². The van der Waals surface area contributed by atoms with Crippen LogP contribution in [0.15, 0.2) is 24.3 Å². The Balaban J connectivity index is 1.55. The molecule has 0 saturated carbocycles. The summed E-state index contributed by atoms with van der Waals surface area (Å²) in [6.07, 6.45) is 0.632. The Morgan fingerprint density at radius 2 is 1.88 bits per heavy atom. The van der Waals surface area contributed by atoms with Crippen LogP contribution >= 0.6 is 0 Å². The van der Waals surface area contributed by atoms with Gasteiger partial charge in [0.25, 0.3) is 0 Å². The highest BCUT2D eigenvalue weighted by atomic mass is 19.1. The Bertz CT molecular complexity index is 716. The van der Waals surface area contributed by atoms with Crippen LogP contribution in [0.4, 0.5) is 4.39 Å². The average Bonchev–Trinajstić information content (AvgIpc) is 3.09. The first-order chi connectivity index (χ1) is 11.4. The Labute approximate surface area is 138 Å². The lowest BCUT2D eigenvalue weighted by Crippen LogP contribution is -2.36. The predicted octanol–water partition coefficient (Wildman–Crippen LogP) is 1.05. The number of rotatable bonds is 4. The number of amides is 3. The molecule has 0 bridgehead atoms. The van der Waals surface area contributed by atoms with Gasteiger partial charge in [-0.05, 0) is 30.7 Å². The van der Waals surface area contributed by atoms with Crippen molar-refractivity contribution < 1.29 is 23.6 Å². The van der Waals surface area contributed by atoms with Gasteiger partial charge in [-0.25, -0.2) is 4.39 Å². The predicted molar refractivity (Wildman–Crippen MR) is 81.4 cm³/mol. The number of benzene rings is 1. The highest BCUT2D eigenvalue weighted by molar-refractivity contribution is 6.06. The largest absolute Gasteiger partial charge is 0.342 e. The molecule has 1 aromatic rings. The quantitative estimate of drug-likeness (QED) is 0.660. The standard InChI is InChI=1S/C17H17FN2O4/c18-12-3-1-11(2-4-12)13(21)5-6-15(23)20-8-7-17(10-20)9-14(22)19-16(17)24/h1-4H,5-10H2,(H,19,22,24)/t17-/m1/s1. The summed E-state index contributed by atoms with van der Waals surface area (Å²) in [4.78, 5) is 49.1. The molecule has 0 unspecified atom stereocenters. The van der Waals surface area contributed by atoms with E-state index in [1.54, 1.807) is 0 Å². The summed E-state index contributed by atoms with van der Waals surface area (Å²) in [6.45, 7) is 0.623. The monoisotopic (exact) mass is 332 g/mol. The van der Waals surface area contributed by atoms with Gasteiger partial charge in [0.1, 0.15) is 5.82 Å². The second kappa shape index (κ2) is 6.14. The molecule has 3 rings (SSSR count). The third-order valence-corrected chi connectivity index (χ3v) is 4.67. The first kappa shape index (κ1) is 16.3. The Hall–Kier alpha value is -2.57. The summed E-state index contributed by atoms with van der Waals surface area (Å²) >= 11 is 0. The van der Waals surface area contributed by atoms with Crippen molar-refractivity contribution in [3.05, 3.63) is 35.6 Å². The van der Waals surface area contributed by atoms with Gasteiger partial charge in [0, 0.05) is 37.9 Å². The molecular weight excluding hydrogens is 315 g/mol. The lowest BCUT2D eigenvalue weighted by atomic mass is 9.85. The lowest BCUT2D eigenvalue weighted by Gasteiger charge is -2.20. The molecule has 126 valence electrons. The van der Waals surface area contributed by atoms with Crippen molar-refractivity contribution in [1.82, 2.24) is 10.2 Å². The summed E-state index contributed by atoms with van der Waals surface area (Å²) in [5, 5.41) is 2.28. The molecule has 0 aromatic heterocycles. The lowest BCUT2D eigenvalue weighted by molar-refractivity contribution is -0.131. The normalized spacial score (nSPS) is 23.0. The van der Waals surface area contributed by atoms with E-state index >= 15 is 0 Å². The Morgan fingerprint density at radius 3 is 2.50 bits per heavy atom. The molecule has 1 spiro atoms. The molecule has 2 aliphatic heterocycles. The molecule has 0 aliphatic carbocycles. The van der Waals surface area contributed by atoms with Crippen molar-refractivity contribution in [3.63, 3.8) is 0 Å². The molecule has 1 N–H and O–H groups in total. The number of likely N-dealkylation sites (tertiary alicyclic amines) is 1. The molecule has 0 radical (unpaired) electrons. The van der Waals surface area contributed by atoms with Crippen LogP contribution in [0.3, 0.4) is 0 Å². The van der Waals surface area contributed by atoms with Crippen molar-refractivity contribution in [2.75, 3.05) is 13.1 Å². The molecule has 3 amide bonds. The topological polar surface area (TPSA) is 83.6 Å². The first-order valence-electron chi connectivity index (χ1n) is 7.80. The van der Waals surface area contributed by atoms with Crippen LogP contribution in [-0.4, -0.2) is 41.5 Å². The summed E-state index contributed by atoms with van der Waals surface area (Å²) in [6, 6.07) is 5.19. The van der Waals surface area contributed by atoms with E-state index in [2.05, 4.69) is 5.32 Å². The number of imide groups is 1. The van der Waals surface area contributed by atoms with Crippen LogP contribution in [0.25, 0.3) is 0 Å². The van der Waals surface area contributed by atoms with Crippen LogP contribution < -0.4 is 5.32 Å². The van der Waals surface area contributed by atoms with Crippen LogP contribution in [0.5, 0.6) is 0 Å². The molecule has 1 atom stereocenters. The zero-order valence-corrected chi connectivity index (χ0v) is 13.0. The van der Waals surface area contributed by atoms with Gasteiger partial charge in [-0.2, -0.15) is 0 Å². The second-order valence-electron chi connectivity index (χ2n) is 6.33. The van der Waals surface area contributed by atoms with Gasteiger partial charge in [0.15, 0.2) is 5.78 Å². The SMILES string of the molecule is O=C1C[C@@]2(CCN(C(=O)CCC(=O)c3ccc(F)cc3)C2)C(=O)N1. The minimum atomic E-state index is -0.798. The summed E-state index contributed by atoms with van der Waals surface area (Å²) in [7, 11) is 0. The first-order valence-corrected chi connectivity index (χ1v) is 7.80. The zero-order chi connectivity index (χ0) is 17.3. The third kappa shape index (κ3) is 3.06. The zero-order valence-electron chi connectivity index (χ0n) is 13.0. The molecular formula is C17H17FN2O4. The molecule has 7 heteroatoms. The van der Waals surface area contributed by atoms with Crippen molar-refractivity contribution >= 4 is 23.5 Å². The van der Waals surface area contributed by atoms with Crippen LogP contribution in [-0.2, 0) is 14.4 Å². The van der Waals surface area contributed by atoms with E-state index in [0.29, 0.717) is 18.5 Å². The van der Waals surface area contributed by atoms with Crippen LogP contribution in [0.1, 0.15) is 36.0 Å². The fourth-order valence-electron chi connectivity index (χ4n) is 3.26. The molecule has 2 heterocycles. The fourth-order valence-corrected chi connectivity index (χ4v) is 3.26. The number of carbonyl (C=O) groups is 4. The number of hydrogen-bond donors (Lipinski definition) is 1. The minimum Gasteiger partial charge on any atom is -0.342 e. The third-order valence-electron chi connectivity index (χ3n) is 4.67. The van der Waals surface area contributed by atoms with Gasteiger partial charge in [-0.15, -0.1) is 0 Å². The van der Waals surface area contributed by atoms with E-state index in [9.17, 15) is 23.6 Å². The Kier molecular flexibility index (Phi) is 4.17. The van der Waals surface area contributed by atoms with Gasteiger partial charge >= 0.3 is 0 Å². The minimum absolute atomic E-state index is 0.0269.